The van der Waals surface area contributed by atoms with Crippen molar-refractivity contribution in [3.05, 3.63) is 65.2 Å². The van der Waals surface area contributed by atoms with E-state index in [0.717, 1.165) is 27.2 Å². The summed E-state index contributed by atoms with van der Waals surface area (Å²) in [5.41, 5.74) is 4.74. The van der Waals surface area contributed by atoms with E-state index in [9.17, 15) is 5.21 Å². The van der Waals surface area contributed by atoms with Crippen LogP contribution in [0.5, 0.6) is 0 Å². The molecule has 1 N–H and O–H groups in total. The fourth-order valence-electron chi connectivity index (χ4n) is 2.22. The molecule has 0 heterocycles. The normalized spacial score (nSPS) is 12.5. The molecule has 2 rings (SSSR count). The standard InChI is InChI=1S/C18H19NOS/c1-3-17(19-20)16(12-14-7-5-4-6-8-14)15-10-9-13(2)11-18(15)21/h4-12,20-21H,3H2,1-2H3. The fourth-order valence-corrected chi connectivity index (χ4v) is 2.62. The van der Waals surface area contributed by atoms with Crippen LogP contribution < -0.4 is 0 Å². The molecule has 0 aliphatic carbocycles. The van der Waals surface area contributed by atoms with E-state index in [2.05, 4.69) is 17.8 Å². The third kappa shape index (κ3) is 3.76. The van der Waals surface area contributed by atoms with Gasteiger partial charge in [-0.15, -0.1) is 12.6 Å². The number of hydrogen-bond acceptors (Lipinski definition) is 3. The number of benzene rings is 2. The lowest BCUT2D eigenvalue weighted by Crippen LogP contribution is -2.02. The van der Waals surface area contributed by atoms with Crippen LogP contribution in [0, 0.1) is 6.92 Å². The van der Waals surface area contributed by atoms with Crippen molar-refractivity contribution in [1.82, 2.24) is 0 Å². The maximum absolute atomic E-state index is 9.30. The largest absolute Gasteiger partial charge is 0.411 e. The molecule has 2 aromatic carbocycles. The minimum atomic E-state index is 0.649. The Morgan fingerprint density at radius 3 is 2.48 bits per heavy atom. The topological polar surface area (TPSA) is 32.6 Å². The highest BCUT2D eigenvalue weighted by molar-refractivity contribution is 7.80. The molecule has 0 amide bonds. The first kappa shape index (κ1) is 15.4. The quantitative estimate of drug-likeness (QED) is 0.267. The highest BCUT2D eigenvalue weighted by atomic mass is 32.1. The van der Waals surface area contributed by atoms with E-state index in [-0.39, 0.29) is 0 Å². The Balaban J connectivity index is 2.59. The molecule has 0 radical (unpaired) electrons. The van der Waals surface area contributed by atoms with E-state index >= 15 is 0 Å². The maximum Gasteiger partial charge on any atom is 0.0871 e. The summed E-state index contributed by atoms with van der Waals surface area (Å²) in [5.74, 6) is 0. The number of rotatable bonds is 4. The predicted molar refractivity (Wildman–Crippen MR) is 92.3 cm³/mol. The molecule has 21 heavy (non-hydrogen) atoms. The molecule has 3 heteroatoms. The molecule has 0 saturated heterocycles. The van der Waals surface area contributed by atoms with E-state index in [1.54, 1.807) is 0 Å². The molecule has 0 aliphatic rings. The molecule has 0 aromatic heterocycles. The van der Waals surface area contributed by atoms with Crippen molar-refractivity contribution in [1.29, 1.82) is 0 Å². The van der Waals surface area contributed by atoms with Crippen LogP contribution in [0.2, 0.25) is 0 Å². The van der Waals surface area contributed by atoms with E-state index < -0.39 is 0 Å². The highest BCUT2D eigenvalue weighted by Crippen LogP contribution is 2.27. The lowest BCUT2D eigenvalue weighted by Gasteiger charge is -2.12. The van der Waals surface area contributed by atoms with E-state index in [0.29, 0.717) is 12.1 Å². The number of hydrogen-bond donors (Lipinski definition) is 2. The first-order valence-electron chi connectivity index (χ1n) is 6.93. The van der Waals surface area contributed by atoms with Crippen molar-refractivity contribution in [2.45, 2.75) is 25.2 Å². The van der Waals surface area contributed by atoms with Gasteiger partial charge in [0.2, 0.25) is 0 Å². The molecule has 0 fully saturated rings. The molecule has 108 valence electrons. The van der Waals surface area contributed by atoms with Gasteiger partial charge in [0.05, 0.1) is 5.71 Å². The minimum Gasteiger partial charge on any atom is -0.411 e. The maximum atomic E-state index is 9.30. The molecule has 2 nitrogen and oxygen atoms in total. The van der Waals surface area contributed by atoms with Gasteiger partial charge in [-0.1, -0.05) is 54.5 Å². The van der Waals surface area contributed by atoms with Crippen molar-refractivity contribution >= 4 is 30.0 Å². The monoisotopic (exact) mass is 297 g/mol. The van der Waals surface area contributed by atoms with Crippen molar-refractivity contribution < 1.29 is 5.21 Å². The van der Waals surface area contributed by atoms with E-state index in [1.165, 1.54) is 0 Å². The number of nitrogens with zero attached hydrogens (tertiary/aromatic N) is 1. The van der Waals surface area contributed by atoms with Gasteiger partial charge in [-0.25, -0.2) is 0 Å². The van der Waals surface area contributed by atoms with Crippen molar-refractivity contribution in [3.8, 4) is 0 Å². The highest BCUT2D eigenvalue weighted by Gasteiger charge is 2.12. The summed E-state index contributed by atoms with van der Waals surface area (Å²) in [4.78, 5) is 0.881. The van der Waals surface area contributed by atoms with Crippen LogP contribution in [0.4, 0.5) is 0 Å². The average molecular weight is 297 g/mol. The molecular weight excluding hydrogens is 278 g/mol. The van der Waals surface area contributed by atoms with Crippen molar-refractivity contribution in [2.24, 2.45) is 5.16 Å². The Morgan fingerprint density at radius 1 is 1.19 bits per heavy atom. The molecular formula is C18H19NOS. The molecule has 0 saturated carbocycles. The zero-order chi connectivity index (χ0) is 15.2. The third-order valence-corrected chi connectivity index (χ3v) is 3.69. The van der Waals surface area contributed by atoms with Gasteiger partial charge in [0, 0.05) is 10.5 Å². The third-order valence-electron chi connectivity index (χ3n) is 3.32. The van der Waals surface area contributed by atoms with Crippen LogP contribution in [-0.4, -0.2) is 10.9 Å². The molecule has 0 spiro atoms. The van der Waals surface area contributed by atoms with E-state index in [4.69, 9.17) is 0 Å². The summed E-state index contributed by atoms with van der Waals surface area (Å²) in [5, 5.41) is 12.8. The van der Waals surface area contributed by atoms with Gasteiger partial charge in [-0.2, -0.15) is 0 Å². The molecule has 0 bridgehead atoms. The van der Waals surface area contributed by atoms with Gasteiger partial charge in [0.15, 0.2) is 0 Å². The SMILES string of the molecule is CCC(=NO)C(=Cc1ccccc1)c1ccc(C)cc1S. The van der Waals surface area contributed by atoms with Gasteiger partial charge in [-0.3, -0.25) is 0 Å². The van der Waals surface area contributed by atoms with Crippen LogP contribution in [-0.2, 0) is 0 Å². The number of aryl methyl sites for hydroxylation is 1. The molecule has 2 aromatic rings. The average Bonchev–Trinajstić information content (AvgIpc) is 2.49. The van der Waals surface area contributed by atoms with Crippen molar-refractivity contribution in [3.63, 3.8) is 0 Å². The first-order valence-corrected chi connectivity index (χ1v) is 7.38. The predicted octanol–water partition coefficient (Wildman–Crippen LogP) is 5.06. The summed E-state index contributed by atoms with van der Waals surface area (Å²) >= 11 is 4.57. The zero-order valence-electron chi connectivity index (χ0n) is 12.2. The second-order valence-corrected chi connectivity index (χ2v) is 5.37. The molecule has 0 atom stereocenters. The molecule has 0 aliphatic heterocycles. The lowest BCUT2D eigenvalue weighted by molar-refractivity contribution is 0.319. The number of thiol groups is 1. The summed E-state index contributed by atoms with van der Waals surface area (Å²) in [6, 6.07) is 16.1. The van der Waals surface area contributed by atoms with Gasteiger partial charge in [0.25, 0.3) is 0 Å². The Hall–Kier alpha value is -2.00. The summed E-state index contributed by atoms with van der Waals surface area (Å²) < 4.78 is 0. The summed E-state index contributed by atoms with van der Waals surface area (Å²) in [6.45, 7) is 4.01. The van der Waals surface area contributed by atoms with Crippen molar-refractivity contribution in [2.75, 3.05) is 0 Å². The minimum absolute atomic E-state index is 0.649. The van der Waals surface area contributed by atoms with Crippen LogP contribution in [0.15, 0.2) is 58.6 Å². The zero-order valence-corrected chi connectivity index (χ0v) is 13.1. The van der Waals surface area contributed by atoms with Crippen LogP contribution in [0.3, 0.4) is 0 Å². The van der Waals surface area contributed by atoms with Crippen LogP contribution in [0.1, 0.15) is 30.0 Å². The fraction of sp³-hybridized carbons (Fsp3) is 0.167. The van der Waals surface area contributed by atoms with Gasteiger partial charge < -0.3 is 5.21 Å². The van der Waals surface area contributed by atoms with Crippen LogP contribution in [0.25, 0.3) is 11.6 Å². The smallest absolute Gasteiger partial charge is 0.0871 e. The Morgan fingerprint density at radius 2 is 1.90 bits per heavy atom. The summed E-state index contributed by atoms with van der Waals surface area (Å²) in [6.07, 6.45) is 2.68. The van der Waals surface area contributed by atoms with E-state index in [1.807, 2.05) is 68.5 Å². The van der Waals surface area contributed by atoms with Crippen LogP contribution >= 0.6 is 12.6 Å². The van der Waals surface area contributed by atoms with Gasteiger partial charge in [-0.05, 0) is 42.2 Å². The number of allylic oxidation sites excluding steroid dienone is 1. The van der Waals surface area contributed by atoms with Gasteiger partial charge >= 0.3 is 0 Å². The van der Waals surface area contributed by atoms with Gasteiger partial charge in [0.1, 0.15) is 0 Å². The Labute approximate surface area is 131 Å². The number of oxime groups is 1. The second kappa shape index (κ2) is 7.14. The Kier molecular flexibility index (Phi) is 5.23. The Bertz CT molecular complexity index is 675. The first-order chi connectivity index (χ1) is 10.2. The second-order valence-electron chi connectivity index (χ2n) is 4.89. The summed E-state index contributed by atoms with van der Waals surface area (Å²) in [7, 11) is 0. The lowest BCUT2D eigenvalue weighted by atomic mass is 9.96. The molecule has 0 unspecified atom stereocenters.